The largest absolute Gasteiger partial charge is 0.507 e. The second-order valence-electron chi connectivity index (χ2n) is 9.86. The van der Waals surface area contributed by atoms with Gasteiger partial charge in [-0.15, -0.1) is 0 Å². The van der Waals surface area contributed by atoms with E-state index >= 15 is 0 Å². The third kappa shape index (κ3) is 4.56. The van der Waals surface area contributed by atoms with Gasteiger partial charge < -0.3 is 47.3 Å². The molecule has 0 aliphatic heterocycles. The van der Waals surface area contributed by atoms with Crippen molar-refractivity contribution in [2.45, 2.75) is 62.6 Å². The number of amides is 2. The number of nitrogens with one attached hydrogen (secondary N) is 2. The maximum atomic E-state index is 12.9. The summed E-state index contributed by atoms with van der Waals surface area (Å²) >= 11 is 0. The number of aliphatic hydroxyl groups excluding tert-OH is 1. The number of aliphatic hydroxyl groups is 3. The Morgan fingerprint density at radius 1 is 1.16 bits per heavy atom. The number of hydrogen-bond acceptors (Lipinski definition) is 10. The molecule has 0 aromatic heterocycles. The topological polar surface area (TPSA) is 217 Å². The lowest BCUT2D eigenvalue weighted by Gasteiger charge is -2.48. The molecule has 1 aliphatic carbocycles. The molecule has 1 saturated carbocycles. The maximum Gasteiger partial charge on any atom is 0.342 e. The first kappa shape index (κ1) is 28.9. The number of esters is 1. The van der Waals surface area contributed by atoms with E-state index in [9.17, 15) is 34.8 Å². The molecule has 0 unspecified atom stereocenters. The van der Waals surface area contributed by atoms with Crippen molar-refractivity contribution in [2.75, 3.05) is 11.9 Å². The molecular weight excluding hydrogens is 496 g/mol. The third-order valence-corrected chi connectivity index (χ3v) is 7.51. The molecular formula is C26H34N4O8. The van der Waals surface area contributed by atoms with Crippen LogP contribution in [0.3, 0.4) is 0 Å². The number of phenolic OH excluding ortho intramolecular Hbond substituents is 1. The number of ketones is 1. The van der Waals surface area contributed by atoms with Crippen LogP contribution in [0.25, 0.3) is 0 Å². The van der Waals surface area contributed by atoms with Crippen LogP contribution in [0, 0.1) is 6.92 Å². The number of carbonyl (C=O) groups is 3. The van der Waals surface area contributed by atoms with Gasteiger partial charge in [0.25, 0.3) is 0 Å². The van der Waals surface area contributed by atoms with Crippen molar-refractivity contribution in [3.05, 3.63) is 59.2 Å². The zero-order chi connectivity index (χ0) is 28.6. The number of rotatable bonds is 8. The standard InChI is InChI=1S/C26H34N4O8/c1-13-7-5-10-18(33)19(13)22(34)38-12-25(37)21(29-17-9-6-8-16(11-17)14(2)31)20(27)26(15(3)32,24(25,4)36)30-23(28)35/h5-11,15,20-21,29,32-33,36-37H,12,27H2,1-4H3,(H3,28,30,35)/t15-,20-,21-,24-,25+,26-/m0/s1. The first-order valence-electron chi connectivity index (χ1n) is 11.9. The maximum absolute atomic E-state index is 12.9. The lowest BCUT2D eigenvalue weighted by molar-refractivity contribution is -0.185. The van der Waals surface area contributed by atoms with Crippen molar-refractivity contribution >= 4 is 23.5 Å². The van der Waals surface area contributed by atoms with Crippen LogP contribution in [0.1, 0.15) is 47.1 Å². The van der Waals surface area contributed by atoms with Gasteiger partial charge in [0.05, 0.1) is 18.2 Å². The lowest BCUT2D eigenvalue weighted by atomic mass is 9.73. The average Bonchev–Trinajstić information content (AvgIpc) is 2.94. The molecule has 12 heteroatoms. The molecule has 6 atom stereocenters. The number of urea groups is 1. The molecule has 2 amide bonds. The smallest absolute Gasteiger partial charge is 0.342 e. The lowest BCUT2D eigenvalue weighted by Crippen LogP contribution is -2.76. The molecule has 206 valence electrons. The van der Waals surface area contributed by atoms with Gasteiger partial charge in [0, 0.05) is 11.3 Å². The minimum atomic E-state index is -2.45. The predicted molar refractivity (Wildman–Crippen MR) is 138 cm³/mol. The van der Waals surface area contributed by atoms with E-state index in [2.05, 4.69) is 10.6 Å². The summed E-state index contributed by atoms with van der Waals surface area (Å²) in [5.74, 6) is -1.57. The molecule has 0 radical (unpaired) electrons. The van der Waals surface area contributed by atoms with Crippen LogP contribution in [0.5, 0.6) is 5.75 Å². The fourth-order valence-corrected chi connectivity index (χ4v) is 5.36. The van der Waals surface area contributed by atoms with Crippen molar-refractivity contribution in [1.82, 2.24) is 5.32 Å². The van der Waals surface area contributed by atoms with Crippen LogP contribution in [0.2, 0.25) is 0 Å². The van der Waals surface area contributed by atoms with Crippen LogP contribution in [0.4, 0.5) is 10.5 Å². The summed E-state index contributed by atoms with van der Waals surface area (Å²) in [7, 11) is 0. The number of hydrogen-bond donors (Lipinski definition) is 8. The average molecular weight is 531 g/mol. The Balaban J connectivity index is 2.11. The number of nitrogens with two attached hydrogens (primary N) is 2. The number of ether oxygens (including phenoxy) is 1. The van der Waals surface area contributed by atoms with E-state index in [1.54, 1.807) is 31.2 Å². The Labute approximate surface area is 219 Å². The zero-order valence-corrected chi connectivity index (χ0v) is 21.6. The second-order valence-corrected chi connectivity index (χ2v) is 9.86. The van der Waals surface area contributed by atoms with E-state index in [0.717, 1.165) is 6.92 Å². The minimum absolute atomic E-state index is 0.145. The van der Waals surface area contributed by atoms with Gasteiger partial charge in [0.1, 0.15) is 29.1 Å². The first-order chi connectivity index (χ1) is 17.6. The van der Waals surface area contributed by atoms with Crippen molar-refractivity contribution in [2.24, 2.45) is 11.5 Å². The Morgan fingerprint density at radius 2 is 1.79 bits per heavy atom. The number of anilines is 1. The first-order valence-corrected chi connectivity index (χ1v) is 11.9. The SMILES string of the molecule is CC(=O)c1cccc(N[C@H]2[C@H](N)[C@@](NC(N)=O)([C@H](C)O)[C@@](C)(O)[C@@]2(O)COC(=O)c2c(C)cccc2O)c1. The highest BCUT2D eigenvalue weighted by Gasteiger charge is 2.76. The predicted octanol–water partition coefficient (Wildman–Crippen LogP) is 0.152. The third-order valence-electron chi connectivity index (χ3n) is 7.51. The highest BCUT2D eigenvalue weighted by molar-refractivity contribution is 5.95. The molecule has 12 nitrogen and oxygen atoms in total. The number of phenols is 1. The fraction of sp³-hybridized carbons (Fsp3) is 0.423. The van der Waals surface area contributed by atoms with Crippen LogP contribution in [-0.4, -0.2) is 79.7 Å². The molecule has 0 saturated heterocycles. The summed E-state index contributed by atoms with van der Waals surface area (Å²) in [4.78, 5) is 36.8. The molecule has 3 rings (SSSR count). The highest BCUT2D eigenvalue weighted by Crippen LogP contribution is 2.49. The number of carbonyl (C=O) groups excluding carboxylic acids is 3. The number of benzene rings is 2. The minimum Gasteiger partial charge on any atom is -0.507 e. The normalized spacial score (nSPS) is 29.4. The van der Waals surface area contributed by atoms with E-state index in [1.807, 2.05) is 0 Å². The molecule has 0 spiro atoms. The Hall–Kier alpha value is -3.71. The highest BCUT2D eigenvalue weighted by atomic mass is 16.5. The molecule has 2 aromatic rings. The number of aromatic hydroxyl groups is 1. The quantitative estimate of drug-likeness (QED) is 0.171. The fourth-order valence-electron chi connectivity index (χ4n) is 5.36. The summed E-state index contributed by atoms with van der Waals surface area (Å²) in [6, 6.07) is 6.72. The van der Waals surface area contributed by atoms with Crippen LogP contribution in [0.15, 0.2) is 42.5 Å². The second kappa shape index (κ2) is 10.2. The van der Waals surface area contributed by atoms with Gasteiger partial charge in [-0.25, -0.2) is 9.59 Å². The molecule has 1 fully saturated rings. The Morgan fingerprint density at radius 3 is 2.34 bits per heavy atom. The molecule has 10 N–H and O–H groups in total. The molecule has 0 heterocycles. The van der Waals surface area contributed by atoms with Gasteiger partial charge in [-0.3, -0.25) is 4.79 Å². The van der Waals surface area contributed by atoms with Crippen molar-refractivity contribution in [3.63, 3.8) is 0 Å². The summed E-state index contributed by atoms with van der Waals surface area (Å²) in [6.45, 7) is 4.45. The van der Waals surface area contributed by atoms with Crippen LogP contribution in [-0.2, 0) is 4.74 Å². The summed E-state index contributed by atoms with van der Waals surface area (Å²) in [5, 5.41) is 50.1. The van der Waals surface area contributed by atoms with Gasteiger partial charge in [-0.1, -0.05) is 24.3 Å². The zero-order valence-electron chi connectivity index (χ0n) is 21.6. The van der Waals surface area contributed by atoms with Crippen LogP contribution < -0.4 is 22.1 Å². The van der Waals surface area contributed by atoms with E-state index < -0.39 is 53.5 Å². The van der Waals surface area contributed by atoms with Crippen molar-refractivity contribution in [1.29, 1.82) is 0 Å². The molecule has 2 aromatic carbocycles. The van der Waals surface area contributed by atoms with Gasteiger partial charge in [0.2, 0.25) is 0 Å². The molecule has 1 aliphatic rings. The van der Waals surface area contributed by atoms with Crippen LogP contribution >= 0.6 is 0 Å². The van der Waals surface area contributed by atoms with E-state index in [0.29, 0.717) is 16.8 Å². The Bertz CT molecular complexity index is 1230. The monoisotopic (exact) mass is 530 g/mol. The van der Waals surface area contributed by atoms with Crippen molar-refractivity contribution < 1.29 is 39.5 Å². The summed E-state index contributed by atoms with van der Waals surface area (Å²) in [5.41, 5.74) is 5.77. The van der Waals surface area contributed by atoms with Gasteiger partial charge in [-0.2, -0.15) is 0 Å². The van der Waals surface area contributed by atoms with E-state index in [4.69, 9.17) is 16.2 Å². The van der Waals surface area contributed by atoms with Gasteiger partial charge in [0.15, 0.2) is 11.4 Å². The van der Waals surface area contributed by atoms with Gasteiger partial charge in [-0.05, 0) is 51.5 Å². The summed E-state index contributed by atoms with van der Waals surface area (Å²) < 4.78 is 5.38. The number of primary amides is 1. The molecule has 38 heavy (non-hydrogen) atoms. The van der Waals surface area contributed by atoms with E-state index in [-0.39, 0.29) is 17.1 Å². The molecule has 0 bridgehead atoms. The van der Waals surface area contributed by atoms with Gasteiger partial charge >= 0.3 is 12.0 Å². The number of Topliss-reactive ketones (excluding diaryl/α,β-unsaturated/α-hetero) is 1. The number of aryl methyl sites for hydroxylation is 1. The Kier molecular flexibility index (Phi) is 7.76. The van der Waals surface area contributed by atoms with E-state index in [1.165, 1.54) is 32.0 Å². The van der Waals surface area contributed by atoms with Crippen molar-refractivity contribution in [3.8, 4) is 5.75 Å². The summed E-state index contributed by atoms with van der Waals surface area (Å²) in [6.07, 6.45) is -1.56.